The molecule has 1 saturated carbocycles. The van der Waals surface area contributed by atoms with Crippen molar-refractivity contribution in [3.8, 4) is 0 Å². The maximum absolute atomic E-state index is 13.3. The third-order valence-corrected chi connectivity index (χ3v) is 5.23. The van der Waals surface area contributed by atoms with E-state index in [1.54, 1.807) is 6.07 Å². The van der Waals surface area contributed by atoms with Crippen LogP contribution in [0, 0.1) is 5.82 Å². The zero-order valence-corrected chi connectivity index (χ0v) is 12.7. The van der Waals surface area contributed by atoms with Gasteiger partial charge in [-0.2, -0.15) is 11.8 Å². The summed E-state index contributed by atoms with van der Waals surface area (Å²) in [6, 6.07) is 7.87. The van der Waals surface area contributed by atoms with Crippen LogP contribution in [0.5, 0.6) is 0 Å². The Morgan fingerprint density at radius 1 is 1.37 bits per heavy atom. The molecule has 1 aromatic carbocycles. The number of rotatable bonds is 6. The first-order chi connectivity index (χ1) is 9.24. The average molecular weight is 281 g/mol. The Bertz CT molecular complexity index is 396. The zero-order valence-electron chi connectivity index (χ0n) is 11.9. The van der Waals surface area contributed by atoms with Crippen LogP contribution >= 0.6 is 11.8 Å². The van der Waals surface area contributed by atoms with Gasteiger partial charge in [0.2, 0.25) is 0 Å². The minimum absolute atomic E-state index is 0.136. The molecule has 0 heterocycles. The predicted octanol–water partition coefficient (Wildman–Crippen LogP) is 4.54. The lowest BCUT2D eigenvalue weighted by Crippen LogP contribution is -2.37. The molecule has 0 aliphatic heterocycles. The monoisotopic (exact) mass is 281 g/mol. The van der Waals surface area contributed by atoms with E-state index < -0.39 is 0 Å². The van der Waals surface area contributed by atoms with Crippen LogP contribution in [0.2, 0.25) is 0 Å². The van der Waals surface area contributed by atoms with E-state index in [2.05, 4.69) is 30.9 Å². The highest BCUT2D eigenvalue weighted by Gasteiger charge is 2.28. The summed E-state index contributed by atoms with van der Waals surface area (Å²) in [6.07, 6.45) is 4.89. The lowest BCUT2D eigenvalue weighted by Gasteiger charge is -2.26. The number of hydrogen-bond donors (Lipinski definition) is 1. The van der Waals surface area contributed by atoms with Crippen molar-refractivity contribution >= 4 is 11.8 Å². The first-order valence-corrected chi connectivity index (χ1v) is 8.42. The van der Waals surface area contributed by atoms with Gasteiger partial charge in [-0.05, 0) is 42.7 Å². The van der Waals surface area contributed by atoms with E-state index in [-0.39, 0.29) is 11.9 Å². The molecule has 0 aromatic heterocycles. The molecule has 1 fully saturated rings. The minimum Gasteiger partial charge on any atom is -0.306 e. The second-order valence-electron chi connectivity index (χ2n) is 5.21. The van der Waals surface area contributed by atoms with Gasteiger partial charge < -0.3 is 5.32 Å². The fourth-order valence-electron chi connectivity index (χ4n) is 2.96. The molecule has 0 bridgehead atoms. The Labute approximate surface area is 120 Å². The van der Waals surface area contributed by atoms with Gasteiger partial charge >= 0.3 is 0 Å². The normalized spacial score (nSPS) is 24.6. The van der Waals surface area contributed by atoms with Gasteiger partial charge in [-0.1, -0.05) is 32.4 Å². The molecule has 0 radical (unpaired) electrons. The third-order valence-electron chi connectivity index (χ3n) is 3.91. The quantitative estimate of drug-likeness (QED) is 0.821. The highest BCUT2D eigenvalue weighted by Crippen LogP contribution is 2.32. The first-order valence-electron chi connectivity index (χ1n) is 7.37. The zero-order chi connectivity index (χ0) is 13.7. The van der Waals surface area contributed by atoms with Gasteiger partial charge in [0, 0.05) is 17.3 Å². The van der Waals surface area contributed by atoms with E-state index in [9.17, 15) is 4.39 Å². The summed E-state index contributed by atoms with van der Waals surface area (Å²) in [4.78, 5) is 0. The molecular formula is C16H24FNS. The molecule has 1 aromatic rings. The van der Waals surface area contributed by atoms with Crippen LogP contribution in [0.3, 0.4) is 0 Å². The molecule has 3 unspecified atom stereocenters. The van der Waals surface area contributed by atoms with Crippen LogP contribution in [0.1, 0.15) is 51.1 Å². The number of halogens is 1. The SMILES string of the molecule is CCSC1CCCC1NC(CC)c1cccc(F)c1. The van der Waals surface area contributed by atoms with Gasteiger partial charge in [0.1, 0.15) is 5.82 Å². The van der Waals surface area contributed by atoms with E-state index >= 15 is 0 Å². The summed E-state index contributed by atoms with van der Waals surface area (Å²) in [5.41, 5.74) is 1.08. The second-order valence-corrected chi connectivity index (χ2v) is 6.73. The molecule has 3 heteroatoms. The van der Waals surface area contributed by atoms with Gasteiger partial charge in [0.05, 0.1) is 0 Å². The molecule has 1 aliphatic rings. The summed E-state index contributed by atoms with van der Waals surface area (Å²) in [6.45, 7) is 4.39. The number of benzene rings is 1. The molecular weight excluding hydrogens is 257 g/mol. The highest BCUT2D eigenvalue weighted by molar-refractivity contribution is 7.99. The lowest BCUT2D eigenvalue weighted by atomic mass is 10.0. The summed E-state index contributed by atoms with van der Waals surface area (Å²) >= 11 is 2.06. The van der Waals surface area contributed by atoms with Crippen LogP contribution < -0.4 is 5.32 Å². The molecule has 1 nitrogen and oxygen atoms in total. The van der Waals surface area contributed by atoms with Crippen LogP contribution in [0.4, 0.5) is 4.39 Å². The average Bonchev–Trinajstić information content (AvgIpc) is 2.84. The van der Waals surface area contributed by atoms with Gasteiger partial charge in [0.25, 0.3) is 0 Å². The predicted molar refractivity (Wildman–Crippen MR) is 82.1 cm³/mol. The number of hydrogen-bond acceptors (Lipinski definition) is 2. The Morgan fingerprint density at radius 2 is 2.21 bits per heavy atom. The van der Waals surface area contributed by atoms with Crippen molar-refractivity contribution in [2.24, 2.45) is 0 Å². The highest BCUT2D eigenvalue weighted by atomic mass is 32.2. The molecule has 0 saturated heterocycles. The van der Waals surface area contributed by atoms with Crippen LogP contribution in [0.25, 0.3) is 0 Å². The van der Waals surface area contributed by atoms with Crippen LogP contribution in [-0.4, -0.2) is 17.0 Å². The smallest absolute Gasteiger partial charge is 0.123 e. The third kappa shape index (κ3) is 3.96. The fourth-order valence-corrected chi connectivity index (χ4v) is 4.17. The van der Waals surface area contributed by atoms with Crippen molar-refractivity contribution in [1.29, 1.82) is 0 Å². The summed E-state index contributed by atoms with van der Waals surface area (Å²) in [7, 11) is 0. The van der Waals surface area contributed by atoms with Crippen molar-refractivity contribution in [2.45, 2.75) is 56.9 Å². The standard InChI is InChI=1S/C16H24FNS/c1-3-14(12-7-5-8-13(17)11-12)18-15-9-6-10-16(15)19-4-2/h5,7-8,11,14-16,18H,3-4,6,9-10H2,1-2H3. The first kappa shape index (κ1) is 14.9. The van der Waals surface area contributed by atoms with Gasteiger partial charge in [-0.15, -0.1) is 0 Å². The van der Waals surface area contributed by atoms with E-state index in [1.165, 1.54) is 31.1 Å². The molecule has 0 amide bonds. The molecule has 1 aliphatic carbocycles. The Morgan fingerprint density at radius 3 is 2.89 bits per heavy atom. The van der Waals surface area contributed by atoms with E-state index in [4.69, 9.17) is 0 Å². The van der Waals surface area contributed by atoms with E-state index in [0.29, 0.717) is 6.04 Å². The Hall–Kier alpha value is -0.540. The summed E-state index contributed by atoms with van der Waals surface area (Å²) < 4.78 is 13.3. The summed E-state index contributed by atoms with van der Waals surface area (Å²) in [5.74, 6) is 1.04. The topological polar surface area (TPSA) is 12.0 Å². The number of thioether (sulfide) groups is 1. The largest absolute Gasteiger partial charge is 0.306 e. The minimum atomic E-state index is -0.136. The van der Waals surface area contributed by atoms with Crippen LogP contribution in [0.15, 0.2) is 24.3 Å². The van der Waals surface area contributed by atoms with Crippen molar-refractivity contribution < 1.29 is 4.39 Å². The fraction of sp³-hybridized carbons (Fsp3) is 0.625. The summed E-state index contributed by atoms with van der Waals surface area (Å²) in [5, 5.41) is 4.49. The molecule has 19 heavy (non-hydrogen) atoms. The Balaban J connectivity index is 2.02. The van der Waals surface area contributed by atoms with Crippen molar-refractivity contribution in [3.05, 3.63) is 35.6 Å². The molecule has 106 valence electrons. The molecule has 1 N–H and O–H groups in total. The van der Waals surface area contributed by atoms with Crippen molar-refractivity contribution in [1.82, 2.24) is 5.32 Å². The lowest BCUT2D eigenvalue weighted by molar-refractivity contribution is 0.434. The molecule has 0 spiro atoms. The van der Waals surface area contributed by atoms with Crippen molar-refractivity contribution in [3.63, 3.8) is 0 Å². The van der Waals surface area contributed by atoms with E-state index in [0.717, 1.165) is 17.2 Å². The van der Waals surface area contributed by atoms with Crippen molar-refractivity contribution in [2.75, 3.05) is 5.75 Å². The Kier molecular flexibility index (Phi) is 5.71. The van der Waals surface area contributed by atoms with E-state index in [1.807, 2.05) is 12.1 Å². The van der Waals surface area contributed by atoms with Gasteiger partial charge in [0.15, 0.2) is 0 Å². The molecule has 2 rings (SSSR count). The van der Waals surface area contributed by atoms with Gasteiger partial charge in [-0.25, -0.2) is 4.39 Å². The van der Waals surface area contributed by atoms with Gasteiger partial charge in [-0.3, -0.25) is 0 Å². The maximum Gasteiger partial charge on any atom is 0.123 e. The molecule has 3 atom stereocenters. The van der Waals surface area contributed by atoms with Crippen LogP contribution in [-0.2, 0) is 0 Å². The second kappa shape index (κ2) is 7.30. The maximum atomic E-state index is 13.3. The number of nitrogens with one attached hydrogen (secondary N) is 1.